The Morgan fingerprint density at radius 3 is 2.31 bits per heavy atom. The van der Waals surface area contributed by atoms with Crippen LogP contribution < -0.4 is 4.74 Å². The maximum absolute atomic E-state index is 12.1. The number of nitrogens with zero attached hydrogens (tertiary/aromatic N) is 1. The summed E-state index contributed by atoms with van der Waals surface area (Å²) in [5, 5.41) is 2.38. The van der Waals surface area contributed by atoms with E-state index in [4.69, 9.17) is 4.74 Å². The summed E-state index contributed by atoms with van der Waals surface area (Å²) >= 11 is 0. The molecule has 1 aliphatic heterocycles. The molecule has 4 nitrogen and oxygen atoms in total. The van der Waals surface area contributed by atoms with Crippen molar-refractivity contribution in [2.75, 3.05) is 32.5 Å². The van der Waals surface area contributed by atoms with Gasteiger partial charge in [-0.15, -0.1) is 0 Å². The van der Waals surface area contributed by atoms with Gasteiger partial charge in [0.25, 0.3) is 0 Å². The van der Waals surface area contributed by atoms with Crippen molar-refractivity contribution >= 4 is 20.6 Å². The number of fused-ring (bicyclic) bond motifs is 1. The molecule has 4 aromatic carbocycles. The lowest BCUT2D eigenvalue weighted by atomic mass is 9.81. The van der Waals surface area contributed by atoms with Gasteiger partial charge < -0.3 is 4.74 Å². The summed E-state index contributed by atoms with van der Waals surface area (Å²) in [5.41, 5.74) is 4.60. The van der Waals surface area contributed by atoms with Gasteiger partial charge in [-0.2, -0.15) is 0 Å². The Labute approximate surface area is 214 Å². The van der Waals surface area contributed by atoms with Gasteiger partial charge in [-0.1, -0.05) is 60.7 Å². The van der Waals surface area contributed by atoms with Crippen LogP contribution in [0, 0.1) is 6.92 Å². The van der Waals surface area contributed by atoms with E-state index >= 15 is 0 Å². The van der Waals surface area contributed by atoms with Crippen molar-refractivity contribution in [2.45, 2.75) is 30.6 Å². The van der Waals surface area contributed by atoms with Crippen molar-refractivity contribution < 1.29 is 13.2 Å². The number of rotatable bonds is 8. The first-order chi connectivity index (χ1) is 17.4. The molecule has 0 spiro atoms. The molecule has 1 atom stereocenters. The normalized spacial score (nSPS) is 15.3. The topological polar surface area (TPSA) is 46.6 Å². The van der Waals surface area contributed by atoms with E-state index in [9.17, 15) is 8.42 Å². The molecule has 4 aromatic rings. The van der Waals surface area contributed by atoms with E-state index in [1.54, 1.807) is 12.1 Å². The third-order valence-corrected chi connectivity index (χ3v) is 8.33. The van der Waals surface area contributed by atoms with Crippen LogP contribution in [0.15, 0.2) is 89.8 Å². The smallest absolute Gasteiger partial charge is 0.175 e. The van der Waals surface area contributed by atoms with Crippen LogP contribution in [0.4, 0.5) is 0 Å². The van der Waals surface area contributed by atoms with E-state index < -0.39 is 9.84 Å². The fourth-order valence-corrected chi connectivity index (χ4v) is 5.93. The second-order valence-electron chi connectivity index (χ2n) is 9.76. The molecular formula is C31H33NO3S. The zero-order chi connectivity index (χ0) is 25.1. The highest BCUT2D eigenvalue weighted by Crippen LogP contribution is 2.38. The Kier molecular flexibility index (Phi) is 7.13. The Hall–Kier alpha value is -3.15. The van der Waals surface area contributed by atoms with Gasteiger partial charge >= 0.3 is 0 Å². The summed E-state index contributed by atoms with van der Waals surface area (Å²) in [7, 11) is -3.26. The lowest BCUT2D eigenvalue weighted by Gasteiger charge is -2.23. The highest BCUT2D eigenvalue weighted by atomic mass is 32.2. The summed E-state index contributed by atoms with van der Waals surface area (Å²) in [5.74, 6) is 0.850. The van der Waals surface area contributed by atoms with E-state index in [0.29, 0.717) is 11.5 Å². The first-order valence-electron chi connectivity index (χ1n) is 12.6. The van der Waals surface area contributed by atoms with Crippen LogP contribution in [0.5, 0.6) is 5.75 Å². The summed E-state index contributed by atoms with van der Waals surface area (Å²) in [4.78, 5) is 2.79. The van der Waals surface area contributed by atoms with Gasteiger partial charge in [0, 0.05) is 18.7 Å². The molecule has 1 aliphatic rings. The number of aryl methyl sites for hydroxylation is 1. The minimum atomic E-state index is -3.26. The van der Waals surface area contributed by atoms with Crippen LogP contribution >= 0.6 is 0 Å². The first kappa shape index (κ1) is 24.5. The van der Waals surface area contributed by atoms with Crippen LogP contribution in [0.25, 0.3) is 10.8 Å². The fraction of sp³-hybridized carbons (Fsp3) is 0.290. The van der Waals surface area contributed by atoms with Gasteiger partial charge in [0.2, 0.25) is 0 Å². The fourth-order valence-electron chi connectivity index (χ4n) is 5.30. The molecule has 0 N–H and O–H groups in total. The number of ether oxygens (including phenoxy) is 1. The molecule has 0 radical (unpaired) electrons. The van der Waals surface area contributed by atoms with Crippen molar-refractivity contribution in [2.24, 2.45) is 0 Å². The lowest BCUT2D eigenvalue weighted by molar-refractivity contribution is 0.237. The van der Waals surface area contributed by atoms with Gasteiger partial charge in [0.15, 0.2) is 9.84 Å². The maximum atomic E-state index is 12.1. The Morgan fingerprint density at radius 2 is 1.58 bits per heavy atom. The van der Waals surface area contributed by atoms with Gasteiger partial charge in [0.1, 0.15) is 12.4 Å². The number of sulfone groups is 1. The van der Waals surface area contributed by atoms with Crippen LogP contribution in [0.3, 0.4) is 0 Å². The summed E-state index contributed by atoms with van der Waals surface area (Å²) in [6, 6.07) is 28.5. The Balaban J connectivity index is 1.52. The summed E-state index contributed by atoms with van der Waals surface area (Å²) in [6.07, 6.45) is 3.82. The highest BCUT2D eigenvalue weighted by molar-refractivity contribution is 7.90. The highest BCUT2D eigenvalue weighted by Gasteiger charge is 2.22. The number of likely N-dealkylation sites (tertiary alicyclic amines) is 1. The third kappa shape index (κ3) is 5.32. The first-order valence-corrected chi connectivity index (χ1v) is 14.5. The average Bonchev–Trinajstić information content (AvgIpc) is 3.39. The third-order valence-electron chi connectivity index (χ3n) is 7.20. The van der Waals surface area contributed by atoms with Gasteiger partial charge in [-0.05, 0) is 90.1 Å². The molecular weight excluding hydrogens is 466 g/mol. The second-order valence-corrected chi connectivity index (χ2v) is 11.8. The lowest BCUT2D eigenvalue weighted by Crippen LogP contribution is -2.25. The summed E-state index contributed by atoms with van der Waals surface area (Å²) in [6.45, 7) is 6.13. The van der Waals surface area contributed by atoms with Crippen molar-refractivity contribution in [3.8, 4) is 5.75 Å². The molecule has 0 aliphatic carbocycles. The van der Waals surface area contributed by atoms with E-state index in [1.165, 1.54) is 54.1 Å². The number of hydrogen-bond acceptors (Lipinski definition) is 4. The molecule has 0 saturated carbocycles. The number of benzene rings is 4. The molecule has 1 heterocycles. The van der Waals surface area contributed by atoms with Crippen molar-refractivity contribution in [3.05, 3.63) is 107 Å². The Bertz CT molecular complexity index is 1450. The predicted molar refractivity (Wildman–Crippen MR) is 147 cm³/mol. The second kappa shape index (κ2) is 10.5. The van der Waals surface area contributed by atoms with Crippen LogP contribution in [-0.2, 0) is 9.84 Å². The minimum Gasteiger partial charge on any atom is -0.492 e. The van der Waals surface area contributed by atoms with E-state index in [1.807, 2.05) is 12.1 Å². The molecule has 0 aromatic heterocycles. The van der Waals surface area contributed by atoms with Crippen LogP contribution in [-0.4, -0.2) is 45.8 Å². The molecule has 1 unspecified atom stereocenters. The quantitative estimate of drug-likeness (QED) is 0.271. The summed E-state index contributed by atoms with van der Waals surface area (Å²) < 4.78 is 30.3. The average molecular weight is 500 g/mol. The zero-order valence-electron chi connectivity index (χ0n) is 21.0. The standard InChI is InChI=1S/C31H33NO3S/c1-23-22-26(35-21-20-32-18-5-6-19-32)14-17-28(23)31(25-12-15-27(16-13-25)36(2,33)34)30-11-7-9-24-8-3-4-10-29(24)30/h3-4,7-17,22,31H,5-6,18-21H2,1-2H3. The van der Waals surface area contributed by atoms with Gasteiger partial charge in [0.05, 0.1) is 4.90 Å². The van der Waals surface area contributed by atoms with Crippen LogP contribution in [0.2, 0.25) is 0 Å². The van der Waals surface area contributed by atoms with Crippen molar-refractivity contribution in [1.29, 1.82) is 0 Å². The number of hydrogen-bond donors (Lipinski definition) is 0. The van der Waals surface area contributed by atoms with E-state index in [0.717, 1.165) is 23.4 Å². The Morgan fingerprint density at radius 1 is 0.861 bits per heavy atom. The largest absolute Gasteiger partial charge is 0.492 e. The van der Waals surface area contributed by atoms with E-state index in [2.05, 4.69) is 72.5 Å². The monoisotopic (exact) mass is 499 g/mol. The van der Waals surface area contributed by atoms with Crippen molar-refractivity contribution in [3.63, 3.8) is 0 Å². The molecule has 1 fully saturated rings. The van der Waals surface area contributed by atoms with Gasteiger partial charge in [-0.3, -0.25) is 4.90 Å². The molecule has 5 rings (SSSR count). The molecule has 0 amide bonds. The van der Waals surface area contributed by atoms with Crippen LogP contribution in [0.1, 0.15) is 41.0 Å². The predicted octanol–water partition coefficient (Wildman–Crippen LogP) is 6.21. The van der Waals surface area contributed by atoms with Crippen molar-refractivity contribution in [1.82, 2.24) is 4.90 Å². The maximum Gasteiger partial charge on any atom is 0.175 e. The molecule has 0 bridgehead atoms. The van der Waals surface area contributed by atoms with E-state index in [-0.39, 0.29) is 5.92 Å². The molecule has 5 heteroatoms. The minimum absolute atomic E-state index is 0.0386. The molecule has 186 valence electrons. The molecule has 36 heavy (non-hydrogen) atoms. The molecule has 1 saturated heterocycles. The van der Waals surface area contributed by atoms with Gasteiger partial charge in [-0.25, -0.2) is 8.42 Å². The zero-order valence-corrected chi connectivity index (χ0v) is 21.8. The SMILES string of the molecule is Cc1cc(OCCN2CCCC2)ccc1C(c1ccc(S(C)(=O)=O)cc1)c1cccc2ccccc12.